The van der Waals surface area contributed by atoms with Crippen molar-refractivity contribution in [2.75, 3.05) is 19.0 Å². The van der Waals surface area contributed by atoms with Crippen LogP contribution in [0.5, 0.6) is 0 Å². The summed E-state index contributed by atoms with van der Waals surface area (Å²) in [4.78, 5) is 2.07. The second-order valence-corrected chi connectivity index (χ2v) is 4.78. The highest BCUT2D eigenvalue weighted by atomic mass is 15.2. The number of anilines is 1. The molecule has 0 aliphatic carbocycles. The Kier molecular flexibility index (Phi) is 4.66. The van der Waals surface area contributed by atoms with Gasteiger partial charge in [-0.05, 0) is 30.2 Å². The van der Waals surface area contributed by atoms with Gasteiger partial charge in [0.05, 0.1) is 11.9 Å². The average Bonchev–Trinajstić information content (AvgIpc) is 2.48. The van der Waals surface area contributed by atoms with Crippen molar-refractivity contribution in [3.8, 4) is 0 Å². The summed E-state index contributed by atoms with van der Waals surface area (Å²) in [7, 11) is 4.06. The van der Waals surface area contributed by atoms with E-state index in [0.29, 0.717) is 0 Å². The molecule has 0 aliphatic heterocycles. The summed E-state index contributed by atoms with van der Waals surface area (Å²) in [5.74, 6) is 0. The Morgan fingerprint density at radius 1 is 0.950 bits per heavy atom. The molecule has 102 valence electrons. The summed E-state index contributed by atoms with van der Waals surface area (Å²) in [6.45, 7) is 1.97. The van der Waals surface area contributed by atoms with Gasteiger partial charge in [-0.1, -0.05) is 42.5 Å². The van der Waals surface area contributed by atoms with Crippen molar-refractivity contribution in [2.45, 2.75) is 6.92 Å². The monoisotopic (exact) mass is 265 g/mol. The summed E-state index contributed by atoms with van der Waals surface area (Å²) < 4.78 is 0. The van der Waals surface area contributed by atoms with E-state index in [1.807, 2.05) is 51.4 Å². The van der Waals surface area contributed by atoms with Crippen LogP contribution in [0.3, 0.4) is 0 Å². The molecule has 0 atom stereocenters. The molecule has 0 saturated heterocycles. The van der Waals surface area contributed by atoms with Crippen LogP contribution in [-0.2, 0) is 0 Å². The fraction of sp³-hybridized carbons (Fsp3) is 0.176. The van der Waals surface area contributed by atoms with Gasteiger partial charge in [0.25, 0.3) is 0 Å². The topological polar surface area (TPSA) is 28.0 Å². The number of benzene rings is 2. The molecular weight excluding hydrogens is 246 g/mol. The largest absolute Gasteiger partial charge is 0.378 e. The molecular formula is C17H19N3. The summed E-state index contributed by atoms with van der Waals surface area (Å²) in [5, 5.41) is 8.36. The minimum absolute atomic E-state index is 0.905. The third-order valence-electron chi connectivity index (χ3n) is 3.02. The number of hydrogen-bond acceptors (Lipinski definition) is 3. The predicted octanol–water partition coefficient (Wildman–Crippen LogP) is 3.60. The fourth-order valence-electron chi connectivity index (χ4n) is 1.78. The molecule has 0 bridgehead atoms. The van der Waals surface area contributed by atoms with Crippen molar-refractivity contribution in [1.29, 1.82) is 0 Å². The van der Waals surface area contributed by atoms with Crippen LogP contribution in [0, 0.1) is 0 Å². The number of hydrogen-bond donors (Lipinski definition) is 0. The van der Waals surface area contributed by atoms with Gasteiger partial charge < -0.3 is 4.90 Å². The van der Waals surface area contributed by atoms with E-state index < -0.39 is 0 Å². The van der Waals surface area contributed by atoms with Crippen molar-refractivity contribution >= 4 is 17.6 Å². The molecule has 20 heavy (non-hydrogen) atoms. The lowest BCUT2D eigenvalue weighted by Gasteiger charge is -2.12. The smallest absolute Gasteiger partial charge is 0.0671 e. The first-order valence-corrected chi connectivity index (χ1v) is 6.57. The van der Waals surface area contributed by atoms with E-state index in [1.165, 1.54) is 5.69 Å². The van der Waals surface area contributed by atoms with E-state index in [-0.39, 0.29) is 0 Å². The zero-order valence-corrected chi connectivity index (χ0v) is 12.1. The molecule has 0 aliphatic rings. The molecule has 0 amide bonds. The second kappa shape index (κ2) is 6.66. The van der Waals surface area contributed by atoms with Gasteiger partial charge in [-0.2, -0.15) is 10.2 Å². The number of nitrogens with zero attached hydrogens (tertiary/aromatic N) is 3. The molecule has 0 fully saturated rings. The maximum Gasteiger partial charge on any atom is 0.0671 e. The van der Waals surface area contributed by atoms with Gasteiger partial charge in [0.2, 0.25) is 0 Å². The van der Waals surface area contributed by atoms with Crippen molar-refractivity contribution in [3.63, 3.8) is 0 Å². The van der Waals surface area contributed by atoms with Crippen LogP contribution in [0.15, 0.2) is 64.8 Å². The highest BCUT2D eigenvalue weighted by Gasteiger charge is 1.98. The molecule has 2 aromatic rings. The molecule has 0 saturated carbocycles. The lowest BCUT2D eigenvalue weighted by Crippen LogP contribution is -2.08. The maximum atomic E-state index is 4.24. The quantitative estimate of drug-likeness (QED) is 0.613. The maximum absolute atomic E-state index is 4.24. The van der Waals surface area contributed by atoms with Gasteiger partial charge in [0.15, 0.2) is 0 Å². The summed E-state index contributed by atoms with van der Waals surface area (Å²) >= 11 is 0. The SMILES string of the molecule is C/C(=N\N=C\c1ccccc1)c1ccc(N(C)C)cc1. The summed E-state index contributed by atoms with van der Waals surface area (Å²) in [6, 6.07) is 18.2. The van der Waals surface area contributed by atoms with E-state index in [1.54, 1.807) is 6.21 Å². The zero-order valence-electron chi connectivity index (χ0n) is 12.1. The zero-order chi connectivity index (χ0) is 14.4. The summed E-state index contributed by atoms with van der Waals surface area (Å²) in [6.07, 6.45) is 1.76. The van der Waals surface area contributed by atoms with Gasteiger partial charge in [-0.3, -0.25) is 0 Å². The first kappa shape index (κ1) is 14.0. The van der Waals surface area contributed by atoms with Crippen molar-refractivity contribution in [3.05, 3.63) is 65.7 Å². The van der Waals surface area contributed by atoms with Gasteiger partial charge in [0.1, 0.15) is 0 Å². The molecule has 0 spiro atoms. The van der Waals surface area contributed by atoms with Crippen LogP contribution < -0.4 is 4.90 Å². The Morgan fingerprint density at radius 3 is 2.20 bits per heavy atom. The lowest BCUT2D eigenvalue weighted by molar-refractivity contribution is 1.13. The van der Waals surface area contributed by atoms with Crippen molar-refractivity contribution < 1.29 is 0 Å². The predicted molar refractivity (Wildman–Crippen MR) is 87.0 cm³/mol. The lowest BCUT2D eigenvalue weighted by atomic mass is 10.1. The van der Waals surface area contributed by atoms with Crippen LogP contribution >= 0.6 is 0 Å². The molecule has 2 aromatic carbocycles. The molecule has 0 unspecified atom stereocenters. The van der Waals surface area contributed by atoms with Crippen LogP contribution in [0.25, 0.3) is 0 Å². The molecule has 0 radical (unpaired) electrons. The van der Waals surface area contributed by atoms with Crippen LogP contribution in [-0.4, -0.2) is 26.0 Å². The van der Waals surface area contributed by atoms with Crippen LogP contribution in [0.1, 0.15) is 18.1 Å². The minimum atomic E-state index is 0.905. The van der Waals surface area contributed by atoms with Gasteiger partial charge in [-0.25, -0.2) is 0 Å². The normalized spacial score (nSPS) is 11.8. The van der Waals surface area contributed by atoms with Crippen LogP contribution in [0.2, 0.25) is 0 Å². The first-order chi connectivity index (χ1) is 9.66. The number of rotatable bonds is 4. The van der Waals surface area contributed by atoms with Gasteiger partial charge in [0, 0.05) is 19.8 Å². The van der Waals surface area contributed by atoms with Gasteiger partial charge in [-0.15, -0.1) is 0 Å². The second-order valence-electron chi connectivity index (χ2n) is 4.78. The fourth-order valence-corrected chi connectivity index (χ4v) is 1.78. The average molecular weight is 265 g/mol. The molecule has 0 aromatic heterocycles. The third-order valence-corrected chi connectivity index (χ3v) is 3.02. The Morgan fingerprint density at radius 2 is 1.60 bits per heavy atom. The van der Waals surface area contributed by atoms with E-state index in [4.69, 9.17) is 0 Å². The van der Waals surface area contributed by atoms with Crippen molar-refractivity contribution in [1.82, 2.24) is 0 Å². The van der Waals surface area contributed by atoms with Crippen LogP contribution in [0.4, 0.5) is 5.69 Å². The highest BCUT2D eigenvalue weighted by molar-refractivity contribution is 5.99. The van der Waals surface area contributed by atoms with Crippen molar-refractivity contribution in [2.24, 2.45) is 10.2 Å². The standard InChI is InChI=1S/C17H19N3/c1-14(16-9-11-17(12-10-16)20(2)3)19-18-13-15-7-5-4-6-8-15/h4-13H,1-3H3/b18-13+,19-14+. The molecule has 0 N–H and O–H groups in total. The van der Waals surface area contributed by atoms with Gasteiger partial charge >= 0.3 is 0 Å². The molecule has 2 rings (SSSR count). The third kappa shape index (κ3) is 3.79. The Hall–Kier alpha value is -2.42. The van der Waals surface area contributed by atoms with E-state index in [0.717, 1.165) is 16.8 Å². The highest BCUT2D eigenvalue weighted by Crippen LogP contribution is 2.12. The van der Waals surface area contributed by atoms with E-state index in [2.05, 4.69) is 39.4 Å². The minimum Gasteiger partial charge on any atom is -0.378 e. The van der Waals surface area contributed by atoms with E-state index >= 15 is 0 Å². The Balaban J connectivity index is 2.08. The molecule has 0 heterocycles. The first-order valence-electron chi connectivity index (χ1n) is 6.57. The Bertz CT molecular complexity index is 596. The molecule has 3 heteroatoms. The Labute approximate surface area is 120 Å². The van der Waals surface area contributed by atoms with E-state index in [9.17, 15) is 0 Å². The summed E-state index contributed by atoms with van der Waals surface area (Å²) in [5.41, 5.74) is 4.21. The molecule has 3 nitrogen and oxygen atoms in total.